The van der Waals surface area contributed by atoms with Crippen LogP contribution in [-0.4, -0.2) is 47.6 Å². The number of benzene rings is 2. The van der Waals surface area contributed by atoms with Crippen LogP contribution in [0.5, 0.6) is 5.75 Å². The Morgan fingerprint density at radius 1 is 0.913 bits per heavy atom. The summed E-state index contributed by atoms with van der Waals surface area (Å²) in [6.07, 6.45) is 0. The van der Waals surface area contributed by atoms with Crippen LogP contribution in [0.4, 0.5) is 0 Å². The summed E-state index contributed by atoms with van der Waals surface area (Å²) < 4.78 is 0. The zero-order valence-corrected chi connectivity index (χ0v) is 13.4. The largest absolute Gasteiger partial charge is 0.508 e. The molecule has 3 rings (SSSR count). The average molecular weight is 311 g/mol. The van der Waals surface area contributed by atoms with Crippen LogP contribution in [0.2, 0.25) is 0 Å². The maximum atomic E-state index is 9.44. The van der Waals surface area contributed by atoms with Crippen molar-refractivity contribution in [2.24, 2.45) is 5.73 Å². The summed E-state index contributed by atoms with van der Waals surface area (Å²) in [6, 6.07) is 18.3. The fraction of sp³-hybridized carbons (Fsp3) is 0.368. The van der Waals surface area contributed by atoms with Crippen molar-refractivity contribution in [1.29, 1.82) is 0 Å². The predicted octanol–water partition coefficient (Wildman–Crippen LogP) is 2.21. The Kier molecular flexibility index (Phi) is 5.28. The number of nitrogens with zero attached hydrogens (tertiary/aromatic N) is 2. The molecule has 122 valence electrons. The van der Waals surface area contributed by atoms with Crippen molar-refractivity contribution in [2.45, 2.75) is 12.6 Å². The monoisotopic (exact) mass is 311 g/mol. The fourth-order valence-corrected chi connectivity index (χ4v) is 3.27. The first kappa shape index (κ1) is 16.0. The molecule has 3 N–H and O–H groups in total. The minimum atomic E-state index is 0.231. The Labute approximate surface area is 138 Å². The number of aromatic hydroxyl groups is 1. The van der Waals surface area contributed by atoms with Gasteiger partial charge in [0.25, 0.3) is 0 Å². The molecule has 0 saturated carbocycles. The highest BCUT2D eigenvalue weighted by molar-refractivity contribution is 5.28. The molecule has 0 radical (unpaired) electrons. The second kappa shape index (κ2) is 7.59. The lowest BCUT2D eigenvalue weighted by molar-refractivity contribution is 0.0941. The van der Waals surface area contributed by atoms with Gasteiger partial charge in [0.15, 0.2) is 0 Å². The first-order chi connectivity index (χ1) is 11.3. The molecule has 0 bridgehead atoms. The Bertz CT molecular complexity index is 592. The van der Waals surface area contributed by atoms with Crippen LogP contribution < -0.4 is 5.73 Å². The molecule has 23 heavy (non-hydrogen) atoms. The van der Waals surface area contributed by atoms with Gasteiger partial charge in [0.1, 0.15) is 5.75 Å². The van der Waals surface area contributed by atoms with Crippen molar-refractivity contribution in [3.63, 3.8) is 0 Å². The predicted molar refractivity (Wildman–Crippen MR) is 93.2 cm³/mol. The molecule has 1 aliphatic heterocycles. The van der Waals surface area contributed by atoms with Gasteiger partial charge in [-0.05, 0) is 23.3 Å². The van der Waals surface area contributed by atoms with Crippen LogP contribution in [0.1, 0.15) is 17.2 Å². The van der Waals surface area contributed by atoms with E-state index in [1.54, 1.807) is 12.1 Å². The van der Waals surface area contributed by atoms with Crippen LogP contribution >= 0.6 is 0 Å². The summed E-state index contributed by atoms with van der Waals surface area (Å²) in [5.74, 6) is 0.303. The first-order valence-corrected chi connectivity index (χ1v) is 8.25. The molecule has 0 aromatic heterocycles. The van der Waals surface area contributed by atoms with Gasteiger partial charge in [-0.25, -0.2) is 0 Å². The van der Waals surface area contributed by atoms with Crippen LogP contribution in [0, 0.1) is 0 Å². The molecule has 1 unspecified atom stereocenters. The van der Waals surface area contributed by atoms with Crippen molar-refractivity contribution in [2.75, 3.05) is 32.7 Å². The Morgan fingerprint density at radius 3 is 2.17 bits per heavy atom. The summed E-state index contributed by atoms with van der Waals surface area (Å²) in [5, 5.41) is 9.44. The lowest BCUT2D eigenvalue weighted by Crippen LogP contribution is -2.48. The van der Waals surface area contributed by atoms with E-state index in [4.69, 9.17) is 5.73 Å². The van der Waals surface area contributed by atoms with E-state index in [1.807, 2.05) is 12.1 Å². The van der Waals surface area contributed by atoms with E-state index < -0.39 is 0 Å². The average Bonchev–Trinajstić information content (AvgIpc) is 2.60. The minimum Gasteiger partial charge on any atom is -0.508 e. The molecule has 4 heteroatoms. The van der Waals surface area contributed by atoms with Crippen LogP contribution in [0.25, 0.3) is 0 Å². The zero-order chi connectivity index (χ0) is 16.1. The molecule has 1 heterocycles. The Morgan fingerprint density at radius 2 is 1.57 bits per heavy atom. The van der Waals surface area contributed by atoms with Gasteiger partial charge in [-0.3, -0.25) is 9.80 Å². The normalized spacial score (nSPS) is 18.0. The topological polar surface area (TPSA) is 52.7 Å². The number of nitrogens with two attached hydrogens (primary N) is 1. The fourth-order valence-electron chi connectivity index (χ4n) is 3.27. The summed E-state index contributed by atoms with van der Waals surface area (Å²) in [6.45, 7) is 5.78. The maximum absolute atomic E-state index is 9.44. The summed E-state index contributed by atoms with van der Waals surface area (Å²) in [4.78, 5) is 4.95. The molecule has 4 nitrogen and oxygen atoms in total. The molecular weight excluding hydrogens is 286 g/mol. The van der Waals surface area contributed by atoms with Crippen molar-refractivity contribution >= 4 is 0 Å². The SMILES string of the molecule is NCC(c1ccc(O)cc1)N1CCN(Cc2ccccc2)CC1. The second-order valence-electron chi connectivity index (χ2n) is 6.14. The van der Waals surface area contributed by atoms with E-state index in [0.29, 0.717) is 12.3 Å². The zero-order valence-electron chi connectivity index (χ0n) is 13.4. The summed E-state index contributed by atoms with van der Waals surface area (Å²) in [5.41, 5.74) is 8.57. The van der Waals surface area contributed by atoms with E-state index in [9.17, 15) is 5.11 Å². The van der Waals surface area contributed by atoms with Crippen LogP contribution in [-0.2, 0) is 6.54 Å². The number of hydrogen-bond acceptors (Lipinski definition) is 4. The minimum absolute atomic E-state index is 0.231. The van der Waals surface area contributed by atoms with Crippen molar-refractivity contribution < 1.29 is 5.11 Å². The lowest BCUT2D eigenvalue weighted by atomic mass is 10.0. The second-order valence-corrected chi connectivity index (χ2v) is 6.14. The summed E-state index contributed by atoms with van der Waals surface area (Å²) in [7, 11) is 0. The van der Waals surface area contributed by atoms with E-state index in [2.05, 4.69) is 40.1 Å². The molecule has 0 spiro atoms. The summed E-state index contributed by atoms with van der Waals surface area (Å²) >= 11 is 0. The standard InChI is InChI=1S/C19H25N3O/c20-14-19(17-6-8-18(23)9-7-17)22-12-10-21(11-13-22)15-16-4-2-1-3-5-16/h1-9,19,23H,10-15,20H2. The molecule has 1 atom stereocenters. The molecule has 2 aromatic carbocycles. The van der Waals surface area contributed by atoms with Gasteiger partial charge >= 0.3 is 0 Å². The number of phenolic OH excluding ortho intramolecular Hbond substituents is 1. The van der Waals surface area contributed by atoms with Gasteiger partial charge in [0.2, 0.25) is 0 Å². The van der Waals surface area contributed by atoms with Gasteiger partial charge < -0.3 is 10.8 Å². The molecular formula is C19H25N3O. The van der Waals surface area contributed by atoms with E-state index in [-0.39, 0.29) is 6.04 Å². The highest BCUT2D eigenvalue weighted by atomic mass is 16.3. The van der Waals surface area contributed by atoms with Crippen molar-refractivity contribution in [3.05, 3.63) is 65.7 Å². The molecule has 1 fully saturated rings. The van der Waals surface area contributed by atoms with Crippen LogP contribution in [0.15, 0.2) is 54.6 Å². The third kappa shape index (κ3) is 4.10. The number of hydrogen-bond donors (Lipinski definition) is 2. The van der Waals surface area contributed by atoms with Gasteiger partial charge in [-0.1, -0.05) is 42.5 Å². The highest BCUT2D eigenvalue weighted by Gasteiger charge is 2.24. The molecule has 2 aromatic rings. The third-order valence-corrected chi connectivity index (χ3v) is 4.60. The smallest absolute Gasteiger partial charge is 0.115 e. The van der Waals surface area contributed by atoms with Gasteiger partial charge in [-0.2, -0.15) is 0 Å². The number of piperazine rings is 1. The van der Waals surface area contributed by atoms with Gasteiger partial charge in [0.05, 0.1) is 0 Å². The molecule has 1 aliphatic rings. The lowest BCUT2D eigenvalue weighted by Gasteiger charge is -2.39. The van der Waals surface area contributed by atoms with Gasteiger partial charge in [-0.15, -0.1) is 0 Å². The van der Waals surface area contributed by atoms with E-state index in [0.717, 1.165) is 32.7 Å². The highest BCUT2D eigenvalue weighted by Crippen LogP contribution is 2.23. The third-order valence-electron chi connectivity index (χ3n) is 4.60. The number of phenols is 1. The van der Waals surface area contributed by atoms with E-state index >= 15 is 0 Å². The van der Waals surface area contributed by atoms with Crippen molar-refractivity contribution in [3.8, 4) is 5.75 Å². The Hall–Kier alpha value is -1.88. The molecule has 0 aliphatic carbocycles. The van der Waals surface area contributed by atoms with E-state index in [1.165, 1.54) is 11.1 Å². The molecule has 0 amide bonds. The van der Waals surface area contributed by atoms with Crippen molar-refractivity contribution in [1.82, 2.24) is 9.80 Å². The molecule has 1 saturated heterocycles. The van der Waals surface area contributed by atoms with Crippen LogP contribution in [0.3, 0.4) is 0 Å². The number of rotatable bonds is 5. The first-order valence-electron chi connectivity index (χ1n) is 8.25. The Balaban J connectivity index is 1.58. The van der Waals surface area contributed by atoms with Gasteiger partial charge in [0, 0.05) is 45.3 Å². The quantitative estimate of drug-likeness (QED) is 0.889. The maximum Gasteiger partial charge on any atom is 0.115 e.